The summed E-state index contributed by atoms with van der Waals surface area (Å²) in [4.78, 5) is 43.1. The summed E-state index contributed by atoms with van der Waals surface area (Å²) < 4.78 is 0. The number of halogens is 1. The number of fused-ring (bicyclic) bond motifs is 2. The molecule has 3 amide bonds. The lowest BCUT2D eigenvalue weighted by atomic mass is 10.1. The predicted octanol–water partition coefficient (Wildman–Crippen LogP) is 4.21. The van der Waals surface area contributed by atoms with Gasteiger partial charge in [-0.15, -0.1) is 0 Å². The maximum atomic E-state index is 12.7. The Morgan fingerprint density at radius 3 is 2.07 bits per heavy atom. The van der Waals surface area contributed by atoms with E-state index in [1.54, 1.807) is 48.5 Å². The van der Waals surface area contributed by atoms with Crippen LogP contribution in [-0.4, -0.2) is 23.4 Å². The average Bonchev–Trinajstić information content (AvgIpc) is 3.17. The maximum absolute atomic E-state index is 12.7. The van der Waals surface area contributed by atoms with Crippen molar-refractivity contribution in [1.82, 2.24) is 0 Å². The van der Waals surface area contributed by atoms with E-state index in [2.05, 4.69) is 10.3 Å². The van der Waals surface area contributed by atoms with E-state index in [0.29, 0.717) is 28.1 Å². The number of nitrogens with zero attached hydrogens (tertiary/aromatic N) is 2. The second kappa shape index (κ2) is 6.39. The molecule has 3 aromatic carbocycles. The van der Waals surface area contributed by atoms with Crippen molar-refractivity contribution < 1.29 is 14.4 Å². The molecule has 29 heavy (non-hydrogen) atoms. The summed E-state index contributed by atoms with van der Waals surface area (Å²) in [6.07, 6.45) is 0. The quantitative estimate of drug-likeness (QED) is 0.653. The number of anilines is 2. The van der Waals surface area contributed by atoms with Gasteiger partial charge in [-0.25, -0.2) is 9.89 Å². The van der Waals surface area contributed by atoms with E-state index in [9.17, 15) is 14.4 Å². The molecule has 140 valence electrons. The van der Waals surface area contributed by atoms with Crippen molar-refractivity contribution in [3.63, 3.8) is 0 Å². The summed E-state index contributed by atoms with van der Waals surface area (Å²) >= 11 is 6.39. The number of benzene rings is 3. The molecule has 3 aromatic rings. The molecule has 0 aliphatic carbocycles. The second-order valence-corrected chi connectivity index (χ2v) is 6.99. The van der Waals surface area contributed by atoms with E-state index in [1.807, 2.05) is 12.1 Å². The number of hydrogen-bond donors (Lipinski definition) is 1. The fourth-order valence-electron chi connectivity index (χ4n) is 3.50. The lowest BCUT2D eigenvalue weighted by molar-refractivity contribution is -0.110. The Kier molecular flexibility index (Phi) is 3.82. The van der Waals surface area contributed by atoms with Crippen LogP contribution in [0.2, 0.25) is 5.02 Å². The van der Waals surface area contributed by atoms with E-state index in [0.717, 1.165) is 4.90 Å². The number of nitrogens with one attached hydrogen (secondary N) is 1. The Balaban J connectivity index is 1.52. The Morgan fingerprint density at radius 2 is 1.41 bits per heavy atom. The first-order chi connectivity index (χ1) is 14.0. The van der Waals surface area contributed by atoms with Gasteiger partial charge in [0.15, 0.2) is 0 Å². The molecule has 0 saturated heterocycles. The molecular formula is C22H12ClN3O3. The molecule has 2 aliphatic heterocycles. The first-order valence-corrected chi connectivity index (χ1v) is 9.19. The van der Waals surface area contributed by atoms with Crippen molar-refractivity contribution in [1.29, 1.82) is 0 Å². The number of carbonyl (C=O) groups excluding carboxylic acids is 3. The zero-order chi connectivity index (χ0) is 20.1. The molecule has 0 atom stereocenters. The van der Waals surface area contributed by atoms with Crippen molar-refractivity contribution >= 4 is 52.1 Å². The Hall–Kier alpha value is -3.77. The van der Waals surface area contributed by atoms with Crippen molar-refractivity contribution in [3.05, 3.63) is 88.4 Å². The Labute approximate surface area is 170 Å². The topological polar surface area (TPSA) is 78.8 Å². The molecule has 2 aliphatic rings. The number of para-hydroxylation sites is 1. The highest BCUT2D eigenvalue weighted by atomic mass is 35.5. The van der Waals surface area contributed by atoms with Gasteiger partial charge in [0.2, 0.25) is 0 Å². The average molecular weight is 402 g/mol. The summed E-state index contributed by atoms with van der Waals surface area (Å²) in [5.41, 5.74) is 3.10. The van der Waals surface area contributed by atoms with Gasteiger partial charge in [0.1, 0.15) is 5.71 Å². The monoisotopic (exact) mass is 401 g/mol. The summed E-state index contributed by atoms with van der Waals surface area (Å²) in [5.74, 6) is -1.14. The third-order valence-electron chi connectivity index (χ3n) is 4.85. The standard InChI is InChI=1S/C22H12ClN3O3/c23-16-11-12(24-19-15-7-3-4-8-17(15)25-20(19)27)9-10-18(16)26-21(28)13-5-1-2-6-14(13)22(26)29/h1-11H,(H,24,25,27). The molecule has 0 fully saturated rings. The van der Waals surface area contributed by atoms with Crippen molar-refractivity contribution in [3.8, 4) is 0 Å². The third kappa shape index (κ3) is 2.65. The lowest BCUT2D eigenvalue weighted by Gasteiger charge is -2.15. The molecule has 6 nitrogen and oxygen atoms in total. The molecule has 5 rings (SSSR count). The zero-order valence-electron chi connectivity index (χ0n) is 14.8. The molecule has 7 heteroatoms. The van der Waals surface area contributed by atoms with Gasteiger partial charge in [-0.1, -0.05) is 41.9 Å². The van der Waals surface area contributed by atoms with Crippen LogP contribution in [0.4, 0.5) is 17.1 Å². The highest BCUT2D eigenvalue weighted by Gasteiger charge is 2.37. The molecule has 2 heterocycles. The van der Waals surface area contributed by atoms with E-state index < -0.39 is 11.8 Å². The van der Waals surface area contributed by atoms with E-state index in [4.69, 9.17) is 11.6 Å². The van der Waals surface area contributed by atoms with Crippen LogP contribution in [0.15, 0.2) is 71.7 Å². The molecule has 0 bridgehead atoms. The second-order valence-electron chi connectivity index (χ2n) is 6.59. The predicted molar refractivity (Wildman–Crippen MR) is 110 cm³/mol. The minimum absolute atomic E-state index is 0.188. The highest BCUT2D eigenvalue weighted by Crippen LogP contribution is 2.36. The van der Waals surface area contributed by atoms with Gasteiger partial charge in [0.05, 0.1) is 33.2 Å². The van der Waals surface area contributed by atoms with Gasteiger partial charge in [0.25, 0.3) is 17.7 Å². The van der Waals surface area contributed by atoms with Crippen LogP contribution in [0.3, 0.4) is 0 Å². The molecule has 0 radical (unpaired) electrons. The number of hydrogen-bond acceptors (Lipinski definition) is 4. The molecule has 1 N–H and O–H groups in total. The first-order valence-electron chi connectivity index (χ1n) is 8.81. The van der Waals surface area contributed by atoms with Gasteiger partial charge in [-0.05, 0) is 36.4 Å². The van der Waals surface area contributed by atoms with E-state index in [1.165, 1.54) is 6.07 Å². The normalized spacial score (nSPS) is 16.2. The minimum Gasteiger partial charge on any atom is -0.320 e. The number of aliphatic imine (C=N–C) groups is 1. The summed E-state index contributed by atoms with van der Waals surface area (Å²) in [6.45, 7) is 0. The fraction of sp³-hybridized carbons (Fsp3) is 0. The van der Waals surface area contributed by atoms with Crippen LogP contribution in [0.25, 0.3) is 0 Å². The molecule has 0 spiro atoms. The van der Waals surface area contributed by atoms with Crippen LogP contribution in [0, 0.1) is 0 Å². The molecular weight excluding hydrogens is 390 g/mol. The summed E-state index contributed by atoms with van der Waals surface area (Å²) in [7, 11) is 0. The maximum Gasteiger partial charge on any atom is 0.275 e. The van der Waals surface area contributed by atoms with Gasteiger partial charge < -0.3 is 5.32 Å². The van der Waals surface area contributed by atoms with Crippen LogP contribution in [0.1, 0.15) is 26.3 Å². The van der Waals surface area contributed by atoms with Gasteiger partial charge in [0, 0.05) is 5.56 Å². The number of carbonyl (C=O) groups is 3. The van der Waals surface area contributed by atoms with E-state index >= 15 is 0 Å². The van der Waals surface area contributed by atoms with Crippen LogP contribution < -0.4 is 10.2 Å². The summed E-state index contributed by atoms with van der Waals surface area (Å²) in [6, 6.07) is 18.6. The highest BCUT2D eigenvalue weighted by molar-refractivity contribution is 6.54. The Morgan fingerprint density at radius 1 is 0.793 bits per heavy atom. The van der Waals surface area contributed by atoms with Crippen molar-refractivity contribution in [2.45, 2.75) is 0 Å². The molecule has 0 aromatic heterocycles. The third-order valence-corrected chi connectivity index (χ3v) is 5.16. The number of imide groups is 1. The fourth-order valence-corrected chi connectivity index (χ4v) is 3.76. The van der Waals surface area contributed by atoms with Crippen LogP contribution in [0.5, 0.6) is 0 Å². The molecule has 0 saturated carbocycles. The van der Waals surface area contributed by atoms with Crippen LogP contribution in [-0.2, 0) is 4.79 Å². The lowest BCUT2D eigenvalue weighted by Crippen LogP contribution is -2.29. The van der Waals surface area contributed by atoms with Crippen molar-refractivity contribution in [2.75, 3.05) is 10.2 Å². The van der Waals surface area contributed by atoms with Gasteiger partial charge in [-0.3, -0.25) is 14.4 Å². The van der Waals surface area contributed by atoms with E-state index in [-0.39, 0.29) is 22.3 Å². The largest absolute Gasteiger partial charge is 0.320 e. The first kappa shape index (κ1) is 17.3. The zero-order valence-corrected chi connectivity index (χ0v) is 15.6. The minimum atomic E-state index is -0.421. The van der Waals surface area contributed by atoms with Crippen molar-refractivity contribution in [2.24, 2.45) is 4.99 Å². The van der Waals surface area contributed by atoms with Gasteiger partial charge in [-0.2, -0.15) is 0 Å². The SMILES string of the molecule is O=C1Nc2ccccc2C1=Nc1ccc(N2C(=O)c3ccccc3C2=O)c(Cl)c1. The van der Waals surface area contributed by atoms with Gasteiger partial charge >= 0.3 is 0 Å². The summed E-state index contributed by atoms with van der Waals surface area (Å²) in [5, 5.41) is 2.95. The number of rotatable bonds is 2. The Bertz CT molecular complexity index is 1230. The van der Waals surface area contributed by atoms with Crippen LogP contribution >= 0.6 is 11.6 Å². The smallest absolute Gasteiger partial charge is 0.275 e. The molecule has 0 unspecified atom stereocenters. The number of amides is 3.